The number of nitrogens with zero attached hydrogens (tertiary/aromatic N) is 3. The summed E-state index contributed by atoms with van der Waals surface area (Å²) < 4.78 is 5.46. The smallest absolute Gasteiger partial charge is 0.338 e. The van der Waals surface area contributed by atoms with Gasteiger partial charge in [-0.2, -0.15) is 0 Å². The molecular formula is C12H11N3O3. The molecule has 92 valence electrons. The number of aliphatic carboxylic acids is 1. The van der Waals surface area contributed by atoms with Crippen LogP contribution in [0.3, 0.4) is 0 Å². The predicted molar refractivity (Wildman–Crippen MR) is 65.0 cm³/mol. The molecule has 0 amide bonds. The highest BCUT2D eigenvalue weighted by Crippen LogP contribution is 2.26. The molecule has 1 N–H and O–H groups in total. The van der Waals surface area contributed by atoms with E-state index < -0.39 is 5.97 Å². The SMILES string of the molecule is [N-]=[N+]=NC(=Cc1ccc2c(c1)CCCO2)C(=O)O. The quantitative estimate of drug-likeness (QED) is 0.384. The molecule has 0 aliphatic carbocycles. The van der Waals surface area contributed by atoms with Gasteiger partial charge in [0.1, 0.15) is 11.4 Å². The average molecular weight is 245 g/mol. The maximum Gasteiger partial charge on any atom is 0.338 e. The molecule has 6 nitrogen and oxygen atoms in total. The number of azide groups is 1. The summed E-state index contributed by atoms with van der Waals surface area (Å²) in [4.78, 5) is 13.3. The molecule has 0 bridgehead atoms. The Morgan fingerprint density at radius 2 is 2.39 bits per heavy atom. The van der Waals surface area contributed by atoms with E-state index in [1.165, 1.54) is 6.08 Å². The zero-order chi connectivity index (χ0) is 13.0. The summed E-state index contributed by atoms with van der Waals surface area (Å²) in [5.41, 5.74) is 9.69. The summed E-state index contributed by atoms with van der Waals surface area (Å²) in [7, 11) is 0. The molecule has 0 spiro atoms. The van der Waals surface area contributed by atoms with Crippen molar-refractivity contribution in [3.63, 3.8) is 0 Å². The normalized spacial score (nSPS) is 14.1. The molecule has 2 rings (SSSR count). The molecule has 0 saturated heterocycles. The second kappa shape index (κ2) is 5.25. The van der Waals surface area contributed by atoms with Crippen LogP contribution >= 0.6 is 0 Å². The predicted octanol–water partition coefficient (Wildman–Crippen LogP) is 2.75. The first-order valence-electron chi connectivity index (χ1n) is 5.46. The molecule has 1 aliphatic heterocycles. The van der Waals surface area contributed by atoms with Gasteiger partial charge < -0.3 is 9.84 Å². The number of rotatable bonds is 3. The van der Waals surface area contributed by atoms with Gasteiger partial charge in [-0.15, -0.1) is 0 Å². The third-order valence-electron chi connectivity index (χ3n) is 2.61. The number of fused-ring (bicyclic) bond motifs is 1. The highest BCUT2D eigenvalue weighted by Gasteiger charge is 2.11. The molecule has 0 unspecified atom stereocenters. The minimum Gasteiger partial charge on any atom is -0.493 e. The average Bonchev–Trinajstić information content (AvgIpc) is 2.38. The van der Waals surface area contributed by atoms with Crippen molar-refractivity contribution in [2.45, 2.75) is 12.8 Å². The van der Waals surface area contributed by atoms with Gasteiger partial charge in [0.25, 0.3) is 0 Å². The van der Waals surface area contributed by atoms with Crippen LogP contribution in [0.5, 0.6) is 5.75 Å². The van der Waals surface area contributed by atoms with E-state index in [2.05, 4.69) is 10.0 Å². The Hall–Kier alpha value is -2.46. The summed E-state index contributed by atoms with van der Waals surface area (Å²) in [5, 5.41) is 12.0. The molecule has 1 aromatic carbocycles. The van der Waals surface area contributed by atoms with Gasteiger partial charge in [0.2, 0.25) is 0 Å². The Kier molecular flexibility index (Phi) is 3.50. The van der Waals surface area contributed by atoms with E-state index in [4.69, 9.17) is 15.4 Å². The third kappa shape index (κ3) is 2.61. The number of benzene rings is 1. The third-order valence-corrected chi connectivity index (χ3v) is 2.61. The number of carboxylic acid groups (broad SMARTS) is 1. The first kappa shape index (κ1) is 12.0. The fourth-order valence-electron chi connectivity index (χ4n) is 1.81. The van der Waals surface area contributed by atoms with Gasteiger partial charge in [-0.25, -0.2) is 4.79 Å². The van der Waals surface area contributed by atoms with Gasteiger partial charge in [0.15, 0.2) is 0 Å². The monoisotopic (exact) mass is 245 g/mol. The second-order valence-corrected chi connectivity index (χ2v) is 3.84. The van der Waals surface area contributed by atoms with Crippen molar-refractivity contribution in [3.8, 4) is 5.75 Å². The van der Waals surface area contributed by atoms with E-state index in [0.29, 0.717) is 12.2 Å². The maximum absolute atomic E-state index is 10.8. The van der Waals surface area contributed by atoms with Crippen LogP contribution in [-0.2, 0) is 11.2 Å². The molecule has 0 fully saturated rings. The van der Waals surface area contributed by atoms with Crippen LogP contribution < -0.4 is 4.74 Å². The lowest BCUT2D eigenvalue weighted by atomic mass is 10.0. The Labute approximate surface area is 103 Å². The molecule has 1 aromatic rings. The highest BCUT2D eigenvalue weighted by molar-refractivity contribution is 5.91. The molecule has 1 aliphatic rings. The Morgan fingerprint density at radius 3 is 3.11 bits per heavy atom. The molecule has 0 aromatic heterocycles. The van der Waals surface area contributed by atoms with Crippen LogP contribution in [0.25, 0.3) is 16.5 Å². The van der Waals surface area contributed by atoms with Crippen molar-refractivity contribution in [2.24, 2.45) is 5.11 Å². The summed E-state index contributed by atoms with van der Waals surface area (Å²) in [6.45, 7) is 0.710. The topological polar surface area (TPSA) is 95.3 Å². The molecule has 6 heteroatoms. The van der Waals surface area contributed by atoms with E-state index in [9.17, 15) is 4.79 Å². The highest BCUT2D eigenvalue weighted by atomic mass is 16.5. The van der Waals surface area contributed by atoms with Crippen LogP contribution in [0, 0.1) is 0 Å². The number of hydrogen-bond acceptors (Lipinski definition) is 3. The van der Waals surface area contributed by atoms with Gasteiger partial charge in [-0.1, -0.05) is 11.2 Å². The van der Waals surface area contributed by atoms with E-state index in [0.717, 1.165) is 24.2 Å². The lowest BCUT2D eigenvalue weighted by Crippen LogP contribution is -2.08. The fraction of sp³-hybridized carbons (Fsp3) is 0.250. The summed E-state index contributed by atoms with van der Waals surface area (Å²) in [6.07, 6.45) is 3.19. The number of carbonyl (C=O) groups is 1. The number of ether oxygens (including phenoxy) is 1. The molecule has 18 heavy (non-hydrogen) atoms. The first-order valence-corrected chi connectivity index (χ1v) is 5.46. The summed E-state index contributed by atoms with van der Waals surface area (Å²) >= 11 is 0. The van der Waals surface area contributed by atoms with Crippen LogP contribution in [0.1, 0.15) is 17.5 Å². The number of aryl methyl sites for hydroxylation is 1. The van der Waals surface area contributed by atoms with Crippen molar-refractivity contribution in [3.05, 3.63) is 45.5 Å². The van der Waals surface area contributed by atoms with Gasteiger partial charge >= 0.3 is 5.97 Å². The van der Waals surface area contributed by atoms with Crippen molar-refractivity contribution < 1.29 is 14.6 Å². The maximum atomic E-state index is 10.8. The molecular weight excluding hydrogens is 234 g/mol. The zero-order valence-electron chi connectivity index (χ0n) is 9.54. The van der Waals surface area contributed by atoms with Gasteiger partial charge in [0.05, 0.1) is 6.61 Å². The van der Waals surface area contributed by atoms with Crippen LogP contribution in [0.4, 0.5) is 0 Å². The van der Waals surface area contributed by atoms with Crippen LogP contribution in [0.2, 0.25) is 0 Å². The zero-order valence-corrected chi connectivity index (χ0v) is 9.54. The molecule has 0 radical (unpaired) electrons. The standard InChI is InChI=1S/C12H11N3O3/c13-15-14-10(12(16)17)7-8-3-4-11-9(6-8)2-1-5-18-11/h3-4,6-7H,1-2,5H2,(H,16,17). The lowest BCUT2D eigenvalue weighted by molar-refractivity contribution is -0.132. The number of hydrogen-bond donors (Lipinski definition) is 1. The Morgan fingerprint density at radius 1 is 1.56 bits per heavy atom. The van der Waals surface area contributed by atoms with E-state index in [1.54, 1.807) is 12.1 Å². The van der Waals surface area contributed by atoms with E-state index >= 15 is 0 Å². The van der Waals surface area contributed by atoms with Crippen LogP contribution in [-0.4, -0.2) is 17.7 Å². The second-order valence-electron chi connectivity index (χ2n) is 3.84. The van der Waals surface area contributed by atoms with Crippen molar-refractivity contribution in [1.29, 1.82) is 0 Å². The van der Waals surface area contributed by atoms with E-state index in [1.807, 2.05) is 6.07 Å². The Bertz CT molecular complexity index is 556. The molecule has 1 heterocycles. The minimum absolute atomic E-state index is 0.325. The summed E-state index contributed by atoms with van der Waals surface area (Å²) in [5.74, 6) is -0.416. The van der Waals surface area contributed by atoms with Gasteiger partial charge in [-0.05, 0) is 47.7 Å². The van der Waals surface area contributed by atoms with Crippen molar-refractivity contribution in [1.82, 2.24) is 0 Å². The Balaban J connectivity index is 2.36. The van der Waals surface area contributed by atoms with Crippen molar-refractivity contribution >= 4 is 12.0 Å². The number of carboxylic acids is 1. The molecule has 0 saturated carbocycles. The minimum atomic E-state index is -1.25. The largest absolute Gasteiger partial charge is 0.493 e. The van der Waals surface area contributed by atoms with Crippen LogP contribution in [0.15, 0.2) is 29.0 Å². The fourth-order valence-corrected chi connectivity index (χ4v) is 1.81. The van der Waals surface area contributed by atoms with Crippen molar-refractivity contribution in [2.75, 3.05) is 6.61 Å². The van der Waals surface area contributed by atoms with E-state index in [-0.39, 0.29) is 5.70 Å². The lowest BCUT2D eigenvalue weighted by Gasteiger charge is -2.17. The molecule has 0 atom stereocenters. The van der Waals surface area contributed by atoms with Gasteiger partial charge in [-0.3, -0.25) is 0 Å². The summed E-state index contributed by atoms with van der Waals surface area (Å²) in [6, 6.07) is 5.39. The van der Waals surface area contributed by atoms with Gasteiger partial charge in [0, 0.05) is 4.91 Å². The first-order chi connectivity index (χ1) is 8.70.